The van der Waals surface area contributed by atoms with Crippen molar-refractivity contribution < 1.29 is 9.84 Å². The molecule has 2 nitrogen and oxygen atoms in total. The summed E-state index contributed by atoms with van der Waals surface area (Å²) >= 11 is 0. The van der Waals surface area contributed by atoms with Crippen molar-refractivity contribution in [3.8, 4) is 0 Å². The highest BCUT2D eigenvalue weighted by molar-refractivity contribution is 5.37. The van der Waals surface area contributed by atoms with E-state index < -0.39 is 5.79 Å². The maximum Gasteiger partial charge on any atom is 0.176 e. The average molecular weight is 192 g/mol. The van der Waals surface area contributed by atoms with Crippen LogP contribution in [0.5, 0.6) is 0 Å². The Morgan fingerprint density at radius 1 is 1.36 bits per heavy atom. The fraction of sp³-hybridized carbons (Fsp3) is 0.500. The van der Waals surface area contributed by atoms with Crippen LogP contribution in [0.25, 0.3) is 0 Å². The number of ether oxygens (including phenoxy) is 1. The van der Waals surface area contributed by atoms with Crippen LogP contribution in [-0.4, -0.2) is 18.0 Å². The SMILES string of the molecule is CC[C@]1(c2ccccc2)C[C@@]1(O)OC. The first kappa shape index (κ1) is 9.69. The second-order valence-corrected chi connectivity index (χ2v) is 3.97. The smallest absolute Gasteiger partial charge is 0.176 e. The summed E-state index contributed by atoms with van der Waals surface area (Å²) in [5.74, 6) is -0.941. The van der Waals surface area contributed by atoms with E-state index in [0.717, 1.165) is 6.42 Å². The van der Waals surface area contributed by atoms with Gasteiger partial charge in [-0.05, 0) is 12.0 Å². The van der Waals surface area contributed by atoms with Crippen LogP contribution in [0.1, 0.15) is 25.3 Å². The number of hydrogen-bond acceptors (Lipinski definition) is 2. The Morgan fingerprint density at radius 3 is 2.43 bits per heavy atom. The van der Waals surface area contributed by atoms with Gasteiger partial charge in [0.25, 0.3) is 0 Å². The molecule has 1 aromatic carbocycles. The van der Waals surface area contributed by atoms with E-state index in [-0.39, 0.29) is 5.41 Å². The van der Waals surface area contributed by atoms with Gasteiger partial charge in [0.05, 0.1) is 5.41 Å². The molecule has 0 spiro atoms. The lowest BCUT2D eigenvalue weighted by Crippen LogP contribution is -2.25. The van der Waals surface area contributed by atoms with Crippen LogP contribution >= 0.6 is 0 Å². The number of hydrogen-bond donors (Lipinski definition) is 1. The largest absolute Gasteiger partial charge is 0.365 e. The van der Waals surface area contributed by atoms with Crippen molar-refractivity contribution in [2.45, 2.75) is 31.0 Å². The Labute approximate surface area is 84.5 Å². The molecule has 0 amide bonds. The molecule has 1 aromatic rings. The van der Waals surface area contributed by atoms with Crippen molar-refractivity contribution in [1.82, 2.24) is 0 Å². The minimum absolute atomic E-state index is 0.178. The van der Waals surface area contributed by atoms with E-state index in [0.29, 0.717) is 6.42 Å². The monoisotopic (exact) mass is 192 g/mol. The molecule has 0 unspecified atom stereocenters. The Kier molecular flexibility index (Phi) is 2.13. The number of rotatable bonds is 3. The van der Waals surface area contributed by atoms with Crippen LogP contribution < -0.4 is 0 Å². The van der Waals surface area contributed by atoms with Crippen molar-refractivity contribution in [2.24, 2.45) is 0 Å². The molecular weight excluding hydrogens is 176 g/mol. The lowest BCUT2D eigenvalue weighted by molar-refractivity contribution is -0.120. The van der Waals surface area contributed by atoms with E-state index >= 15 is 0 Å². The third kappa shape index (κ3) is 1.11. The first-order valence-electron chi connectivity index (χ1n) is 5.01. The van der Waals surface area contributed by atoms with Gasteiger partial charge in [-0.3, -0.25) is 0 Å². The van der Waals surface area contributed by atoms with Gasteiger partial charge in [-0.2, -0.15) is 0 Å². The molecule has 1 aliphatic carbocycles. The lowest BCUT2D eigenvalue weighted by atomic mass is 9.92. The van der Waals surface area contributed by atoms with Crippen LogP contribution in [0.3, 0.4) is 0 Å². The van der Waals surface area contributed by atoms with Crippen LogP contribution in [-0.2, 0) is 10.2 Å². The van der Waals surface area contributed by atoms with Gasteiger partial charge >= 0.3 is 0 Å². The molecule has 0 saturated heterocycles. The Balaban J connectivity index is 2.34. The zero-order valence-corrected chi connectivity index (χ0v) is 8.66. The molecular formula is C12H16O2. The lowest BCUT2D eigenvalue weighted by Gasteiger charge is -2.19. The molecule has 2 rings (SSSR count). The highest BCUT2D eigenvalue weighted by atomic mass is 16.6. The van der Waals surface area contributed by atoms with E-state index in [2.05, 4.69) is 19.1 Å². The van der Waals surface area contributed by atoms with Crippen molar-refractivity contribution in [2.75, 3.05) is 7.11 Å². The normalized spacial score (nSPS) is 35.6. The molecule has 2 heteroatoms. The molecule has 1 fully saturated rings. The minimum atomic E-state index is -0.941. The first-order valence-corrected chi connectivity index (χ1v) is 5.01. The Hall–Kier alpha value is -0.860. The Bertz CT molecular complexity index is 322. The van der Waals surface area contributed by atoms with Gasteiger partial charge in [0.15, 0.2) is 5.79 Å². The molecule has 0 radical (unpaired) electrons. The van der Waals surface area contributed by atoms with E-state index in [1.165, 1.54) is 5.56 Å². The molecule has 0 aromatic heterocycles. The van der Waals surface area contributed by atoms with Gasteiger partial charge in [0.1, 0.15) is 0 Å². The Morgan fingerprint density at radius 2 is 2.00 bits per heavy atom. The highest BCUT2D eigenvalue weighted by Crippen LogP contribution is 2.60. The fourth-order valence-electron chi connectivity index (χ4n) is 2.32. The summed E-state index contributed by atoms with van der Waals surface area (Å²) in [6.07, 6.45) is 1.61. The standard InChI is InChI=1S/C12H16O2/c1-3-11(9-12(11,13)14-2)10-7-5-4-6-8-10/h4-8,13H,3,9H2,1-2H3/t11-,12-/m1/s1. The van der Waals surface area contributed by atoms with Gasteiger partial charge in [0.2, 0.25) is 0 Å². The third-order valence-electron chi connectivity index (χ3n) is 3.43. The van der Waals surface area contributed by atoms with Gasteiger partial charge in [-0.25, -0.2) is 0 Å². The van der Waals surface area contributed by atoms with Crippen molar-refractivity contribution in [3.63, 3.8) is 0 Å². The minimum Gasteiger partial charge on any atom is -0.365 e. The number of benzene rings is 1. The molecule has 1 aliphatic rings. The van der Waals surface area contributed by atoms with Crippen molar-refractivity contribution in [1.29, 1.82) is 0 Å². The summed E-state index contributed by atoms with van der Waals surface area (Å²) in [6, 6.07) is 10.1. The van der Waals surface area contributed by atoms with Gasteiger partial charge in [-0.1, -0.05) is 37.3 Å². The number of aliphatic hydroxyl groups is 1. The molecule has 2 atom stereocenters. The van der Waals surface area contributed by atoms with Crippen LogP contribution in [0.15, 0.2) is 30.3 Å². The highest BCUT2D eigenvalue weighted by Gasteiger charge is 2.67. The summed E-state index contributed by atoms with van der Waals surface area (Å²) in [6.45, 7) is 2.09. The molecule has 1 saturated carbocycles. The quantitative estimate of drug-likeness (QED) is 0.743. The van der Waals surface area contributed by atoms with Gasteiger partial charge in [0, 0.05) is 13.5 Å². The second-order valence-electron chi connectivity index (χ2n) is 3.97. The zero-order valence-electron chi connectivity index (χ0n) is 8.66. The summed E-state index contributed by atoms with van der Waals surface area (Å²) in [5, 5.41) is 10.1. The van der Waals surface area contributed by atoms with Gasteiger partial charge in [-0.15, -0.1) is 0 Å². The topological polar surface area (TPSA) is 29.5 Å². The molecule has 1 N–H and O–H groups in total. The number of methoxy groups -OCH3 is 1. The van der Waals surface area contributed by atoms with Crippen molar-refractivity contribution in [3.05, 3.63) is 35.9 Å². The molecule has 0 aliphatic heterocycles. The molecule has 14 heavy (non-hydrogen) atoms. The predicted molar refractivity (Wildman–Crippen MR) is 55.0 cm³/mol. The van der Waals surface area contributed by atoms with E-state index in [9.17, 15) is 5.11 Å². The average Bonchev–Trinajstić information content (AvgIpc) is 2.88. The fourth-order valence-corrected chi connectivity index (χ4v) is 2.32. The van der Waals surface area contributed by atoms with Crippen LogP contribution in [0, 0.1) is 0 Å². The second kappa shape index (κ2) is 3.07. The van der Waals surface area contributed by atoms with Crippen molar-refractivity contribution >= 4 is 0 Å². The summed E-state index contributed by atoms with van der Waals surface area (Å²) in [4.78, 5) is 0. The zero-order chi connectivity index (χ0) is 10.2. The van der Waals surface area contributed by atoms with Crippen LogP contribution in [0.2, 0.25) is 0 Å². The van der Waals surface area contributed by atoms with E-state index in [1.54, 1.807) is 7.11 Å². The molecule has 0 heterocycles. The summed E-state index contributed by atoms with van der Waals surface area (Å²) in [7, 11) is 1.57. The third-order valence-corrected chi connectivity index (χ3v) is 3.43. The first-order chi connectivity index (χ1) is 6.68. The van der Waals surface area contributed by atoms with Gasteiger partial charge < -0.3 is 9.84 Å². The van der Waals surface area contributed by atoms with E-state index in [1.807, 2.05) is 18.2 Å². The van der Waals surface area contributed by atoms with Crippen LogP contribution in [0.4, 0.5) is 0 Å². The maximum absolute atomic E-state index is 10.1. The molecule has 0 bridgehead atoms. The maximum atomic E-state index is 10.1. The summed E-state index contributed by atoms with van der Waals surface area (Å²) < 4.78 is 5.17. The molecule has 76 valence electrons. The van der Waals surface area contributed by atoms with E-state index in [4.69, 9.17) is 4.74 Å². The predicted octanol–water partition coefficient (Wildman–Crippen LogP) is 2.07. The summed E-state index contributed by atoms with van der Waals surface area (Å²) in [5.41, 5.74) is 0.995.